The Hall–Kier alpha value is -1.98. The van der Waals surface area contributed by atoms with Crippen molar-refractivity contribution < 1.29 is 23.5 Å². The lowest BCUT2D eigenvalue weighted by atomic mass is 10.0. The van der Waals surface area contributed by atoms with E-state index in [9.17, 15) is 18.4 Å². The van der Waals surface area contributed by atoms with Crippen LogP contribution in [-0.2, 0) is 16.0 Å². The highest BCUT2D eigenvalue weighted by atomic mass is 19.2. The molecule has 0 radical (unpaired) electrons. The van der Waals surface area contributed by atoms with Gasteiger partial charge in [-0.2, -0.15) is 0 Å². The Balaban J connectivity index is 1.99. The van der Waals surface area contributed by atoms with E-state index in [-0.39, 0.29) is 12.0 Å². The Kier molecular flexibility index (Phi) is 4.32. The van der Waals surface area contributed by atoms with Gasteiger partial charge in [0.25, 0.3) is 0 Å². The predicted octanol–water partition coefficient (Wildman–Crippen LogP) is 1.88. The van der Waals surface area contributed by atoms with Crippen LogP contribution in [0, 0.1) is 17.6 Å². The summed E-state index contributed by atoms with van der Waals surface area (Å²) in [6, 6.07) is 3.21. The Labute approximate surface area is 114 Å². The van der Waals surface area contributed by atoms with Crippen LogP contribution in [0.1, 0.15) is 24.8 Å². The van der Waals surface area contributed by atoms with E-state index < -0.39 is 35.5 Å². The molecule has 0 aromatic heterocycles. The van der Waals surface area contributed by atoms with Gasteiger partial charge >= 0.3 is 5.97 Å². The first-order chi connectivity index (χ1) is 9.49. The number of carboxylic acids is 1. The second-order valence-electron chi connectivity index (χ2n) is 4.94. The summed E-state index contributed by atoms with van der Waals surface area (Å²) in [4.78, 5) is 22.8. The minimum absolute atomic E-state index is 0.0348. The van der Waals surface area contributed by atoms with Gasteiger partial charge in [-0.15, -0.1) is 0 Å². The number of amides is 1. The van der Waals surface area contributed by atoms with Gasteiger partial charge < -0.3 is 10.4 Å². The molecular formula is C14H15F2NO3. The number of nitrogens with one attached hydrogen (secondary N) is 1. The van der Waals surface area contributed by atoms with E-state index >= 15 is 0 Å². The van der Waals surface area contributed by atoms with Crippen LogP contribution in [0.25, 0.3) is 0 Å². The Morgan fingerprint density at radius 3 is 2.75 bits per heavy atom. The average Bonchev–Trinajstić information content (AvgIpc) is 2.83. The molecule has 108 valence electrons. The number of carbonyl (C=O) groups excluding carboxylic acids is 1. The minimum atomic E-state index is -1.04. The zero-order valence-corrected chi connectivity index (χ0v) is 10.7. The largest absolute Gasteiger partial charge is 0.481 e. The van der Waals surface area contributed by atoms with Crippen LogP contribution in [0.15, 0.2) is 18.2 Å². The van der Waals surface area contributed by atoms with Crippen molar-refractivity contribution in [3.8, 4) is 0 Å². The molecule has 2 atom stereocenters. The molecule has 0 aliphatic heterocycles. The summed E-state index contributed by atoms with van der Waals surface area (Å²) in [5.74, 6) is -4.07. The highest BCUT2D eigenvalue weighted by Gasteiger charge is 2.33. The molecular weight excluding hydrogens is 268 g/mol. The predicted molar refractivity (Wildman–Crippen MR) is 67.0 cm³/mol. The Morgan fingerprint density at radius 2 is 2.05 bits per heavy atom. The van der Waals surface area contributed by atoms with Gasteiger partial charge in [0.15, 0.2) is 11.6 Å². The molecule has 20 heavy (non-hydrogen) atoms. The molecule has 1 aliphatic rings. The zero-order chi connectivity index (χ0) is 14.7. The first kappa shape index (κ1) is 14.4. The van der Waals surface area contributed by atoms with Crippen molar-refractivity contribution in [2.45, 2.75) is 31.7 Å². The summed E-state index contributed by atoms with van der Waals surface area (Å²) in [5, 5.41) is 11.6. The van der Waals surface area contributed by atoms with E-state index in [2.05, 4.69) is 5.32 Å². The maximum absolute atomic E-state index is 13.4. The van der Waals surface area contributed by atoms with Crippen molar-refractivity contribution in [3.63, 3.8) is 0 Å². The standard InChI is InChI=1S/C14H15F2NO3/c15-10-5-1-3-8(13(10)16)7-12(18)17-11-6-2-4-9(11)14(19)20/h1,3,5,9,11H,2,4,6-7H2,(H,17,18)(H,19,20)/t9-,11+/m1/s1. The number of hydrogen-bond acceptors (Lipinski definition) is 2. The number of carboxylic acid groups (broad SMARTS) is 1. The molecule has 4 nitrogen and oxygen atoms in total. The van der Waals surface area contributed by atoms with E-state index in [1.807, 2.05) is 0 Å². The lowest BCUT2D eigenvalue weighted by molar-refractivity contribution is -0.142. The highest BCUT2D eigenvalue weighted by molar-refractivity contribution is 5.80. The first-order valence-electron chi connectivity index (χ1n) is 6.44. The van der Waals surface area contributed by atoms with Crippen LogP contribution in [0.3, 0.4) is 0 Å². The molecule has 1 aliphatic carbocycles. The first-order valence-corrected chi connectivity index (χ1v) is 6.44. The fraction of sp³-hybridized carbons (Fsp3) is 0.429. The topological polar surface area (TPSA) is 66.4 Å². The fourth-order valence-corrected chi connectivity index (χ4v) is 2.54. The molecule has 0 heterocycles. The summed E-state index contributed by atoms with van der Waals surface area (Å²) in [6.45, 7) is 0. The van der Waals surface area contributed by atoms with Gasteiger partial charge in [0, 0.05) is 11.6 Å². The van der Waals surface area contributed by atoms with Gasteiger partial charge in [-0.05, 0) is 18.9 Å². The maximum Gasteiger partial charge on any atom is 0.308 e. The van der Waals surface area contributed by atoms with Crippen molar-refractivity contribution in [1.29, 1.82) is 0 Å². The summed E-state index contributed by atoms with van der Waals surface area (Å²) in [7, 11) is 0. The van der Waals surface area contributed by atoms with E-state index in [0.717, 1.165) is 12.5 Å². The highest BCUT2D eigenvalue weighted by Crippen LogP contribution is 2.26. The smallest absolute Gasteiger partial charge is 0.308 e. The summed E-state index contributed by atoms with van der Waals surface area (Å²) in [6.07, 6.45) is 1.55. The van der Waals surface area contributed by atoms with E-state index in [4.69, 9.17) is 5.11 Å². The molecule has 0 unspecified atom stereocenters. The monoisotopic (exact) mass is 283 g/mol. The Bertz CT molecular complexity index is 533. The van der Waals surface area contributed by atoms with Crippen molar-refractivity contribution in [3.05, 3.63) is 35.4 Å². The van der Waals surface area contributed by atoms with E-state index in [1.165, 1.54) is 12.1 Å². The molecule has 6 heteroatoms. The van der Waals surface area contributed by atoms with Gasteiger partial charge in [-0.3, -0.25) is 9.59 Å². The van der Waals surface area contributed by atoms with Crippen LogP contribution >= 0.6 is 0 Å². The Morgan fingerprint density at radius 1 is 1.30 bits per heavy atom. The molecule has 0 bridgehead atoms. The van der Waals surface area contributed by atoms with Crippen molar-refractivity contribution >= 4 is 11.9 Å². The third-order valence-electron chi connectivity index (χ3n) is 3.56. The third kappa shape index (κ3) is 3.12. The van der Waals surface area contributed by atoms with Gasteiger partial charge in [-0.25, -0.2) is 8.78 Å². The molecule has 0 spiro atoms. The van der Waals surface area contributed by atoms with E-state index in [0.29, 0.717) is 12.8 Å². The second kappa shape index (κ2) is 5.98. The molecule has 1 aromatic rings. The number of hydrogen-bond donors (Lipinski definition) is 2. The molecule has 1 amide bonds. The summed E-state index contributed by atoms with van der Waals surface area (Å²) >= 11 is 0. The molecule has 1 saturated carbocycles. The third-order valence-corrected chi connectivity index (χ3v) is 3.56. The molecule has 2 N–H and O–H groups in total. The van der Waals surface area contributed by atoms with Crippen LogP contribution in [-0.4, -0.2) is 23.0 Å². The summed E-state index contributed by atoms with van der Waals surface area (Å²) in [5.41, 5.74) is -0.0348. The fourth-order valence-electron chi connectivity index (χ4n) is 2.54. The van der Waals surface area contributed by atoms with Crippen molar-refractivity contribution in [2.24, 2.45) is 5.92 Å². The maximum atomic E-state index is 13.4. The SMILES string of the molecule is O=C(Cc1cccc(F)c1F)N[C@H]1CCC[C@H]1C(=O)O. The molecule has 1 fully saturated rings. The number of halogens is 2. The van der Waals surface area contributed by atoms with Gasteiger partial charge in [-0.1, -0.05) is 18.6 Å². The van der Waals surface area contributed by atoms with Crippen LogP contribution in [0.2, 0.25) is 0 Å². The molecule has 0 saturated heterocycles. The lowest BCUT2D eigenvalue weighted by Gasteiger charge is -2.17. The second-order valence-corrected chi connectivity index (χ2v) is 4.94. The molecule has 2 rings (SSSR count). The van der Waals surface area contributed by atoms with Gasteiger partial charge in [0.1, 0.15) is 0 Å². The zero-order valence-electron chi connectivity index (χ0n) is 10.7. The minimum Gasteiger partial charge on any atom is -0.481 e. The number of rotatable bonds is 4. The molecule has 1 aromatic carbocycles. The number of carbonyl (C=O) groups is 2. The lowest BCUT2D eigenvalue weighted by Crippen LogP contribution is -2.40. The van der Waals surface area contributed by atoms with Crippen LogP contribution < -0.4 is 5.32 Å². The van der Waals surface area contributed by atoms with Crippen molar-refractivity contribution in [2.75, 3.05) is 0 Å². The van der Waals surface area contributed by atoms with Crippen molar-refractivity contribution in [1.82, 2.24) is 5.32 Å². The average molecular weight is 283 g/mol. The summed E-state index contributed by atoms with van der Waals surface area (Å²) < 4.78 is 26.4. The van der Waals surface area contributed by atoms with Crippen LogP contribution in [0.5, 0.6) is 0 Å². The van der Waals surface area contributed by atoms with Gasteiger partial charge in [0.05, 0.1) is 12.3 Å². The number of benzene rings is 1. The quantitative estimate of drug-likeness (QED) is 0.886. The normalized spacial score (nSPS) is 21.7. The van der Waals surface area contributed by atoms with E-state index in [1.54, 1.807) is 0 Å². The van der Waals surface area contributed by atoms with Crippen LogP contribution in [0.4, 0.5) is 8.78 Å². The number of aliphatic carboxylic acids is 1. The van der Waals surface area contributed by atoms with Gasteiger partial charge in [0.2, 0.25) is 5.91 Å².